The number of benzene rings is 3. The number of carbonyl (C=O) groups is 1. The van der Waals surface area contributed by atoms with Crippen LogP contribution in [0.25, 0.3) is 28.2 Å². The number of amides is 1. The second-order valence-corrected chi connectivity index (χ2v) is 7.92. The summed E-state index contributed by atoms with van der Waals surface area (Å²) in [4.78, 5) is 36.9. The highest BCUT2D eigenvalue weighted by Gasteiger charge is 2.21. The predicted octanol–water partition coefficient (Wildman–Crippen LogP) is 3.85. The summed E-state index contributed by atoms with van der Waals surface area (Å²) in [6, 6.07) is 24.1. The Morgan fingerprint density at radius 3 is 2.39 bits per heavy atom. The largest absolute Gasteiger partial charge is 0.492 e. The maximum absolute atomic E-state index is 13.0. The number of nitrogens with zero attached hydrogens (tertiary/aromatic N) is 3. The van der Waals surface area contributed by atoms with Gasteiger partial charge in [-0.15, -0.1) is 0 Å². The summed E-state index contributed by atoms with van der Waals surface area (Å²) in [7, 11) is 0. The third-order valence-electron chi connectivity index (χ3n) is 5.54. The molecule has 9 heteroatoms. The summed E-state index contributed by atoms with van der Waals surface area (Å²) < 4.78 is 12.9. The zero-order valence-electron chi connectivity index (χ0n) is 19.5. The molecule has 5 rings (SSSR count). The molecule has 36 heavy (non-hydrogen) atoms. The highest BCUT2D eigenvalue weighted by Crippen LogP contribution is 2.27. The highest BCUT2D eigenvalue weighted by molar-refractivity contribution is 6.02. The summed E-state index contributed by atoms with van der Waals surface area (Å²) >= 11 is 0. The van der Waals surface area contributed by atoms with Crippen LogP contribution in [0, 0.1) is 0 Å². The van der Waals surface area contributed by atoms with Crippen LogP contribution in [0.2, 0.25) is 0 Å². The number of primary amides is 1. The molecule has 2 heterocycles. The van der Waals surface area contributed by atoms with E-state index in [2.05, 4.69) is 15.0 Å². The molecular weight excluding hydrogens is 458 g/mol. The molecule has 5 aromatic rings. The Balaban J connectivity index is 1.56. The monoisotopic (exact) mass is 481 g/mol. The number of fused-ring (bicyclic) bond motifs is 1. The summed E-state index contributed by atoms with van der Waals surface area (Å²) in [5.74, 6) is 0.636. The van der Waals surface area contributed by atoms with Crippen molar-refractivity contribution in [2.45, 2.75) is 13.5 Å². The van der Waals surface area contributed by atoms with Crippen molar-refractivity contribution in [2.75, 3.05) is 6.61 Å². The molecule has 9 nitrogen and oxygen atoms in total. The molecule has 0 saturated carbocycles. The molecule has 0 aliphatic heterocycles. The summed E-state index contributed by atoms with van der Waals surface area (Å²) in [5.41, 5.74) is 7.59. The van der Waals surface area contributed by atoms with E-state index in [1.54, 1.807) is 42.5 Å². The normalized spacial score (nSPS) is 10.9. The third-order valence-corrected chi connectivity index (χ3v) is 5.54. The minimum Gasteiger partial charge on any atom is -0.492 e. The lowest BCUT2D eigenvalue weighted by Gasteiger charge is -2.11. The van der Waals surface area contributed by atoms with Gasteiger partial charge >= 0.3 is 5.69 Å². The SMILES string of the molecule is CCOc1ccccc1-n1c(=O)[nH]c2c(C(N)=O)nc(-c3ccc(OCc4ccccc4)cc3)nc21. The van der Waals surface area contributed by atoms with E-state index >= 15 is 0 Å². The molecule has 0 saturated heterocycles. The number of aromatic nitrogens is 4. The first kappa shape index (κ1) is 22.9. The van der Waals surface area contributed by atoms with Crippen LogP contribution in [0.3, 0.4) is 0 Å². The van der Waals surface area contributed by atoms with Crippen molar-refractivity contribution in [2.24, 2.45) is 5.73 Å². The molecule has 0 aliphatic carbocycles. The Morgan fingerprint density at radius 2 is 1.67 bits per heavy atom. The van der Waals surface area contributed by atoms with Gasteiger partial charge in [0.1, 0.15) is 23.6 Å². The molecule has 3 aromatic carbocycles. The van der Waals surface area contributed by atoms with Crippen molar-refractivity contribution in [3.63, 3.8) is 0 Å². The Morgan fingerprint density at radius 1 is 0.944 bits per heavy atom. The van der Waals surface area contributed by atoms with Gasteiger partial charge in [-0.05, 0) is 48.9 Å². The number of imidazole rings is 1. The number of rotatable bonds is 8. The van der Waals surface area contributed by atoms with Gasteiger partial charge in [-0.2, -0.15) is 0 Å². The lowest BCUT2D eigenvalue weighted by Crippen LogP contribution is -2.16. The zero-order chi connectivity index (χ0) is 25.1. The molecule has 0 spiro atoms. The highest BCUT2D eigenvalue weighted by atomic mass is 16.5. The Hall–Kier alpha value is -4.92. The van der Waals surface area contributed by atoms with Crippen LogP contribution >= 0.6 is 0 Å². The van der Waals surface area contributed by atoms with Gasteiger partial charge in [0.05, 0.1) is 12.3 Å². The number of nitrogens with two attached hydrogens (primary N) is 1. The van der Waals surface area contributed by atoms with Crippen molar-refractivity contribution in [3.05, 3.63) is 101 Å². The van der Waals surface area contributed by atoms with Crippen LogP contribution in [0.4, 0.5) is 0 Å². The van der Waals surface area contributed by atoms with Crippen molar-refractivity contribution >= 4 is 17.1 Å². The lowest BCUT2D eigenvalue weighted by molar-refractivity contribution is 0.0997. The number of hydrogen-bond acceptors (Lipinski definition) is 6. The van der Waals surface area contributed by atoms with E-state index in [0.717, 1.165) is 5.56 Å². The number of carbonyl (C=O) groups excluding carboxylic acids is 1. The van der Waals surface area contributed by atoms with Crippen LogP contribution < -0.4 is 20.9 Å². The molecule has 0 atom stereocenters. The van der Waals surface area contributed by atoms with Crippen LogP contribution in [-0.2, 0) is 6.61 Å². The van der Waals surface area contributed by atoms with E-state index in [0.29, 0.717) is 36.0 Å². The summed E-state index contributed by atoms with van der Waals surface area (Å²) in [6.45, 7) is 2.70. The molecule has 3 N–H and O–H groups in total. The first-order valence-corrected chi connectivity index (χ1v) is 11.4. The minimum atomic E-state index is -0.780. The van der Waals surface area contributed by atoms with Gasteiger partial charge in [0.2, 0.25) is 0 Å². The van der Waals surface area contributed by atoms with Crippen LogP contribution in [0.1, 0.15) is 23.0 Å². The predicted molar refractivity (Wildman–Crippen MR) is 135 cm³/mol. The van der Waals surface area contributed by atoms with Crippen molar-refractivity contribution in [1.82, 2.24) is 19.5 Å². The van der Waals surface area contributed by atoms with Crippen molar-refractivity contribution in [1.29, 1.82) is 0 Å². The Kier molecular flexibility index (Phi) is 6.19. The Bertz CT molecular complexity index is 1590. The number of ether oxygens (including phenoxy) is 2. The Labute approximate surface area is 206 Å². The second-order valence-electron chi connectivity index (χ2n) is 7.92. The smallest absolute Gasteiger partial charge is 0.332 e. The van der Waals surface area contributed by atoms with E-state index in [1.165, 1.54) is 4.57 Å². The molecular formula is C27H23N5O4. The molecule has 0 bridgehead atoms. The van der Waals surface area contributed by atoms with E-state index < -0.39 is 11.6 Å². The molecule has 0 unspecified atom stereocenters. The van der Waals surface area contributed by atoms with Crippen LogP contribution in [0.15, 0.2) is 83.7 Å². The lowest BCUT2D eigenvalue weighted by atomic mass is 10.2. The molecule has 0 radical (unpaired) electrons. The fourth-order valence-electron chi connectivity index (χ4n) is 3.88. The van der Waals surface area contributed by atoms with Gasteiger partial charge in [-0.3, -0.25) is 4.79 Å². The summed E-state index contributed by atoms with van der Waals surface area (Å²) in [6.07, 6.45) is 0. The van der Waals surface area contributed by atoms with Crippen LogP contribution in [0.5, 0.6) is 11.5 Å². The molecule has 0 fully saturated rings. The second kappa shape index (κ2) is 9.75. The fraction of sp³-hybridized carbons (Fsp3) is 0.111. The van der Waals surface area contributed by atoms with E-state index in [1.807, 2.05) is 43.3 Å². The van der Waals surface area contributed by atoms with E-state index in [4.69, 9.17) is 15.2 Å². The van der Waals surface area contributed by atoms with Crippen molar-refractivity contribution in [3.8, 4) is 28.6 Å². The van der Waals surface area contributed by atoms with E-state index in [9.17, 15) is 9.59 Å². The van der Waals surface area contributed by atoms with Gasteiger partial charge < -0.3 is 20.2 Å². The number of nitrogens with one attached hydrogen (secondary N) is 1. The van der Waals surface area contributed by atoms with Crippen molar-refractivity contribution < 1.29 is 14.3 Å². The zero-order valence-corrected chi connectivity index (χ0v) is 19.5. The molecule has 180 valence electrons. The van der Waals surface area contributed by atoms with Gasteiger partial charge in [0, 0.05) is 5.56 Å². The van der Waals surface area contributed by atoms with Gasteiger partial charge in [0.25, 0.3) is 5.91 Å². The number of para-hydroxylation sites is 2. The first-order chi connectivity index (χ1) is 17.5. The average molecular weight is 482 g/mol. The topological polar surface area (TPSA) is 125 Å². The van der Waals surface area contributed by atoms with Gasteiger partial charge in [-0.25, -0.2) is 19.3 Å². The molecule has 2 aromatic heterocycles. The van der Waals surface area contributed by atoms with Gasteiger partial charge in [-0.1, -0.05) is 42.5 Å². The molecule has 1 amide bonds. The number of H-pyrrole nitrogens is 1. The average Bonchev–Trinajstić information content (AvgIpc) is 3.23. The number of hydrogen-bond donors (Lipinski definition) is 2. The minimum absolute atomic E-state index is 0.0795. The standard InChI is InChI=1S/C27H23N5O4/c1-2-35-21-11-7-6-10-20(21)32-26-23(30-27(32)34)22(24(28)33)29-25(31-26)18-12-14-19(15-13-18)36-16-17-8-4-3-5-9-17/h3-15H,2,16H2,1H3,(H2,28,33)(H,30,34). The molecule has 0 aliphatic rings. The maximum Gasteiger partial charge on any atom is 0.332 e. The van der Waals surface area contributed by atoms with Gasteiger partial charge in [0.15, 0.2) is 17.2 Å². The maximum atomic E-state index is 13.0. The van der Waals surface area contributed by atoms with E-state index in [-0.39, 0.29) is 22.7 Å². The summed E-state index contributed by atoms with van der Waals surface area (Å²) in [5, 5.41) is 0. The van der Waals surface area contributed by atoms with Crippen LogP contribution in [-0.4, -0.2) is 32.0 Å². The number of aromatic amines is 1. The third kappa shape index (κ3) is 4.41. The fourth-order valence-corrected chi connectivity index (χ4v) is 3.88. The first-order valence-electron chi connectivity index (χ1n) is 11.4. The quantitative estimate of drug-likeness (QED) is 0.347.